The minimum atomic E-state index is -1.54. The van der Waals surface area contributed by atoms with Gasteiger partial charge in [0.25, 0.3) is 0 Å². The Bertz CT molecular complexity index is 4280. The maximum absolute atomic E-state index is 12.7. The predicted octanol–water partition coefficient (Wildman–Crippen LogP) is 15.6. The van der Waals surface area contributed by atoms with E-state index >= 15 is 0 Å². The van der Waals surface area contributed by atoms with Crippen molar-refractivity contribution in [1.29, 1.82) is 0 Å². The van der Waals surface area contributed by atoms with E-state index in [0.717, 1.165) is 0 Å². The molecule has 9 aromatic rings. The van der Waals surface area contributed by atoms with Crippen LogP contribution in [0, 0.1) is 0 Å². The van der Waals surface area contributed by atoms with Crippen molar-refractivity contribution in [3.63, 3.8) is 0 Å². The molecule has 6 heterocycles. The standard InChI is InChI=1S/C20H8Cl4O5.C20H9Cl3O5.C20H12O5/c21-11-5-9-17(13(23)15(11)25)28-18-10(6-12(22)16(26)14(18)24)20(9)8-4-2-1-3-7(8)19(27)29-20;21-12-7-11-18(15(23)16(12)25)27-17-10(5-6-13(24)14(17)22)20(11)9-4-2-1-3-8(9)19(26)28-20;21-11-5-7-15-17(9-11)24-18-10-12(22)6-8-16(18)20(15)14-4-2-1-3-13(14)19(23)25-20/h1-6,25-26H;1-7,24-25H;1-10,21-22H. The van der Waals surface area contributed by atoms with Crippen LogP contribution in [0.15, 0.2) is 140 Å². The zero-order valence-corrected chi connectivity index (χ0v) is 46.1. The first kappa shape index (κ1) is 53.0. The number of esters is 3. The summed E-state index contributed by atoms with van der Waals surface area (Å²) in [6, 6.07) is 37.4. The highest BCUT2D eigenvalue weighted by Gasteiger charge is 2.58. The molecule has 9 aromatic carbocycles. The van der Waals surface area contributed by atoms with Crippen molar-refractivity contribution >= 4 is 99.1 Å². The Morgan fingerprint density at radius 1 is 0.317 bits per heavy atom. The summed E-state index contributed by atoms with van der Waals surface area (Å²) in [5, 5.41) is 59.5. The van der Waals surface area contributed by atoms with Crippen LogP contribution in [0.2, 0.25) is 35.2 Å². The quantitative estimate of drug-likeness (QED) is 0.0613. The zero-order chi connectivity index (χ0) is 57.6. The van der Waals surface area contributed by atoms with Crippen molar-refractivity contribution < 1.29 is 73.4 Å². The molecule has 15 nitrogen and oxygen atoms in total. The number of benzene rings is 9. The topological polar surface area (TPSA) is 228 Å². The third-order valence-corrected chi connectivity index (χ3v) is 17.0. The molecule has 0 radical (unpaired) electrons. The number of ether oxygens (including phenoxy) is 6. The third kappa shape index (κ3) is 7.34. The molecule has 0 aromatic heterocycles. The van der Waals surface area contributed by atoms with Gasteiger partial charge in [-0.2, -0.15) is 0 Å². The van der Waals surface area contributed by atoms with Crippen molar-refractivity contribution in [2.24, 2.45) is 0 Å². The third-order valence-electron chi connectivity index (χ3n) is 14.7. The molecule has 0 saturated carbocycles. The summed E-state index contributed by atoms with van der Waals surface area (Å²) in [7, 11) is 0. The number of hydrogen-bond donors (Lipinski definition) is 6. The van der Waals surface area contributed by atoms with Gasteiger partial charge >= 0.3 is 17.9 Å². The fourth-order valence-electron chi connectivity index (χ4n) is 11.2. The first-order chi connectivity index (χ1) is 39.2. The Balaban J connectivity index is 0.000000116. The maximum atomic E-state index is 12.7. The number of phenolic OH excluding ortho intramolecular Hbond substituents is 6. The molecular weight excluding hydrogens is 1210 g/mol. The van der Waals surface area contributed by atoms with Crippen LogP contribution in [0.4, 0.5) is 0 Å². The number of phenols is 6. The van der Waals surface area contributed by atoms with Gasteiger partial charge in [0.05, 0.1) is 48.4 Å². The Morgan fingerprint density at radius 2 is 0.634 bits per heavy atom. The lowest BCUT2D eigenvalue weighted by atomic mass is 9.77. The number of carbonyl (C=O) groups is 3. The molecule has 0 bridgehead atoms. The average Bonchev–Trinajstić information content (AvgIpc) is 1.69. The molecule has 0 fully saturated rings. The minimum Gasteiger partial charge on any atom is -0.508 e. The summed E-state index contributed by atoms with van der Waals surface area (Å²) in [4.78, 5) is 38.0. The highest BCUT2D eigenvalue weighted by molar-refractivity contribution is 6.40. The number of hydrogen-bond acceptors (Lipinski definition) is 15. The molecule has 0 aliphatic carbocycles. The Labute approximate surface area is 496 Å². The zero-order valence-electron chi connectivity index (χ0n) is 40.8. The summed E-state index contributed by atoms with van der Waals surface area (Å²) in [6.45, 7) is 0. The summed E-state index contributed by atoms with van der Waals surface area (Å²) < 4.78 is 35.3. The van der Waals surface area contributed by atoms with E-state index in [4.69, 9.17) is 110 Å². The number of rotatable bonds is 0. The molecule has 1 unspecified atom stereocenters. The lowest BCUT2D eigenvalue weighted by Crippen LogP contribution is -2.33. The molecule has 6 N–H and O–H groups in total. The van der Waals surface area contributed by atoms with Gasteiger partial charge in [-0.1, -0.05) is 136 Å². The smallest absolute Gasteiger partial charge is 0.340 e. The average molecular weight is 1240 g/mol. The molecule has 6 aliphatic heterocycles. The van der Waals surface area contributed by atoms with Crippen molar-refractivity contribution in [1.82, 2.24) is 0 Å². The molecule has 15 rings (SSSR count). The summed E-state index contributed by atoms with van der Waals surface area (Å²) >= 11 is 43.7. The van der Waals surface area contributed by atoms with Gasteiger partial charge in [-0.15, -0.1) is 0 Å². The monoisotopic (exact) mass is 1230 g/mol. The van der Waals surface area contributed by atoms with E-state index in [1.54, 1.807) is 78.9 Å². The lowest BCUT2D eigenvalue weighted by Gasteiger charge is -2.37. The van der Waals surface area contributed by atoms with E-state index in [1.807, 2.05) is 12.1 Å². The predicted molar refractivity (Wildman–Crippen MR) is 299 cm³/mol. The van der Waals surface area contributed by atoms with Crippen LogP contribution in [-0.4, -0.2) is 48.5 Å². The van der Waals surface area contributed by atoms with Crippen LogP contribution in [0.1, 0.15) is 81.1 Å². The van der Waals surface area contributed by atoms with Gasteiger partial charge in [0.15, 0.2) is 57.0 Å². The molecule has 3 spiro atoms. The van der Waals surface area contributed by atoms with E-state index in [9.17, 15) is 45.0 Å². The van der Waals surface area contributed by atoms with Gasteiger partial charge in [0, 0.05) is 45.5 Å². The number of aromatic hydroxyl groups is 6. The van der Waals surface area contributed by atoms with E-state index < -0.39 is 46.2 Å². The Hall–Kier alpha value is -8.38. The molecule has 22 heteroatoms. The van der Waals surface area contributed by atoms with Crippen molar-refractivity contribution in [3.8, 4) is 69.0 Å². The Kier molecular flexibility index (Phi) is 12.2. The van der Waals surface area contributed by atoms with Crippen LogP contribution >= 0.6 is 81.2 Å². The van der Waals surface area contributed by atoms with Crippen molar-refractivity contribution in [2.75, 3.05) is 0 Å². The molecular formula is C60H29Cl7O15. The SMILES string of the molecule is O=C1OC2(c3ccc(O)cc3Oc3cc(O)ccc32)c2ccccc21.O=C1OC2(c3ccccc31)c1cc(Cl)c(O)c(Cl)c1Oc1c2cc(Cl)c(O)c1Cl.O=C1OC2(c3ccccc31)c1ccc(O)c(Cl)c1Oc1c2cc(Cl)c(O)c1Cl. The second-order valence-corrected chi connectivity index (χ2v) is 21.7. The van der Waals surface area contributed by atoms with E-state index in [-0.39, 0.29) is 92.3 Å². The van der Waals surface area contributed by atoms with Crippen molar-refractivity contribution in [2.45, 2.75) is 16.8 Å². The van der Waals surface area contributed by atoms with Gasteiger partial charge in [-0.05, 0) is 72.8 Å². The molecule has 82 heavy (non-hydrogen) atoms. The summed E-state index contributed by atoms with van der Waals surface area (Å²) in [6.07, 6.45) is 0. The Morgan fingerprint density at radius 3 is 1.01 bits per heavy atom. The number of fused-ring (bicyclic) bond motifs is 18. The summed E-state index contributed by atoms with van der Waals surface area (Å²) in [5.74, 6) is -2.03. The normalized spacial score (nSPS) is 16.7. The molecule has 0 amide bonds. The first-order valence-corrected chi connectivity index (χ1v) is 26.7. The van der Waals surface area contributed by atoms with Crippen LogP contribution in [0.3, 0.4) is 0 Å². The minimum absolute atomic E-state index is 0.00538. The molecule has 1 atom stereocenters. The van der Waals surface area contributed by atoms with Gasteiger partial charge in [-0.3, -0.25) is 0 Å². The summed E-state index contributed by atoms with van der Waals surface area (Å²) in [5.41, 5.74) is 1.34. The first-order valence-electron chi connectivity index (χ1n) is 24.1. The largest absolute Gasteiger partial charge is 0.508 e. The lowest BCUT2D eigenvalue weighted by molar-refractivity contribution is 0.0214. The van der Waals surface area contributed by atoms with Crippen LogP contribution < -0.4 is 14.2 Å². The molecule has 408 valence electrons. The maximum Gasteiger partial charge on any atom is 0.340 e. The van der Waals surface area contributed by atoms with E-state index in [0.29, 0.717) is 67.1 Å². The van der Waals surface area contributed by atoms with Crippen molar-refractivity contribution in [3.05, 3.63) is 241 Å². The molecule has 6 aliphatic rings. The van der Waals surface area contributed by atoms with E-state index in [1.165, 1.54) is 48.5 Å². The van der Waals surface area contributed by atoms with Crippen LogP contribution in [0.5, 0.6) is 69.0 Å². The van der Waals surface area contributed by atoms with Crippen LogP contribution in [-0.2, 0) is 31.0 Å². The van der Waals surface area contributed by atoms with Gasteiger partial charge in [-0.25, -0.2) is 14.4 Å². The second kappa shape index (κ2) is 18.8. The van der Waals surface area contributed by atoms with E-state index in [2.05, 4.69) is 0 Å². The fourth-order valence-corrected chi connectivity index (χ4v) is 12.8. The van der Waals surface area contributed by atoms with Gasteiger partial charge in [0.1, 0.15) is 48.8 Å². The number of halogens is 7. The highest BCUT2D eigenvalue weighted by Crippen LogP contribution is 2.65. The fraction of sp³-hybridized carbons (Fsp3) is 0.0500. The second-order valence-electron chi connectivity index (χ2n) is 19.0. The van der Waals surface area contributed by atoms with Gasteiger partial charge in [0.2, 0.25) is 0 Å². The molecule has 0 saturated heterocycles. The van der Waals surface area contributed by atoms with Gasteiger partial charge < -0.3 is 59.1 Å². The number of carbonyl (C=O) groups excluding carboxylic acids is 3. The van der Waals surface area contributed by atoms with Crippen LogP contribution in [0.25, 0.3) is 0 Å². The highest BCUT2D eigenvalue weighted by atomic mass is 35.5.